The molecule has 246 valence electrons. The molecular weight excluding hydrogens is 694 g/mol. The zero-order chi connectivity index (χ0) is 33.6. The predicted molar refractivity (Wildman–Crippen MR) is 188 cm³/mol. The fraction of sp³-hybridized carbons (Fsp3) is 0.188. The van der Waals surface area contributed by atoms with E-state index in [1.165, 1.54) is 28.4 Å². The van der Waals surface area contributed by atoms with Crippen LogP contribution in [0.15, 0.2) is 94.2 Å². The number of fused-ring (bicyclic) bond motifs is 1. The number of nitrogen functional groups attached to an aromatic ring is 1. The SMILES string of the molecule is CCO/N=C(\C(=O)N[C@@H]1C(=O)N2C(C(=O)OC(c3ccccc3)c3ccccc3)=C(S/C=C/c3cn[nH]c3)CS[C@H]12)c1nc(N)sc1Cl. The number of β-lactam (4-membered cyclic amide) rings is 1. The molecule has 0 aliphatic carbocycles. The molecule has 2 aromatic heterocycles. The number of halogens is 1. The number of nitrogens with one attached hydrogen (secondary N) is 2. The standard InChI is InChI=1S/C32H28ClN7O5S3/c1-2-44-39-23(22-27(33)48-32(34)38-22)28(41)37-24-29(42)40-25(21(17-47-30(24)40)46-14-13-18-15-35-36-16-18)31(43)45-26(19-9-5-3-6-10-19)20-11-7-4-8-12-20/h3-16,24,26,30H,2,17H2,1H3,(H2,34,38)(H,35,36)(H,37,41)/b14-13+,39-23-/t24-,30-/m1/s1. The van der Waals surface area contributed by atoms with Crippen molar-refractivity contribution in [3.63, 3.8) is 0 Å². The molecular formula is C32H28ClN7O5S3. The van der Waals surface area contributed by atoms with Gasteiger partial charge in [-0.3, -0.25) is 19.6 Å². The molecule has 2 aliphatic heterocycles. The lowest BCUT2D eigenvalue weighted by atomic mass is 10.0. The van der Waals surface area contributed by atoms with Crippen molar-refractivity contribution in [1.82, 2.24) is 25.4 Å². The average molecular weight is 722 g/mol. The van der Waals surface area contributed by atoms with Gasteiger partial charge < -0.3 is 20.6 Å². The third kappa shape index (κ3) is 7.13. The third-order valence-corrected chi connectivity index (χ3v) is 10.6. The largest absolute Gasteiger partial charge is 0.448 e. The van der Waals surface area contributed by atoms with E-state index in [2.05, 4.69) is 25.7 Å². The van der Waals surface area contributed by atoms with Crippen LogP contribution in [0.25, 0.3) is 6.08 Å². The fourth-order valence-electron chi connectivity index (χ4n) is 4.96. The van der Waals surface area contributed by atoms with E-state index in [9.17, 15) is 14.4 Å². The van der Waals surface area contributed by atoms with E-state index in [1.807, 2.05) is 72.1 Å². The summed E-state index contributed by atoms with van der Waals surface area (Å²) in [6.45, 7) is 1.89. The van der Waals surface area contributed by atoms with Crippen LogP contribution >= 0.6 is 46.5 Å². The van der Waals surface area contributed by atoms with Gasteiger partial charge in [-0.1, -0.05) is 101 Å². The number of benzene rings is 2. The Morgan fingerprint density at radius 2 is 1.92 bits per heavy atom. The summed E-state index contributed by atoms with van der Waals surface area (Å²) in [5.74, 6) is -1.50. The van der Waals surface area contributed by atoms with Gasteiger partial charge in [0, 0.05) is 22.4 Å². The van der Waals surface area contributed by atoms with Gasteiger partial charge in [-0.2, -0.15) is 5.10 Å². The van der Waals surface area contributed by atoms with Crippen molar-refractivity contribution in [2.45, 2.75) is 24.4 Å². The van der Waals surface area contributed by atoms with Gasteiger partial charge in [0.2, 0.25) is 0 Å². The number of carbonyl (C=O) groups is 3. The highest BCUT2D eigenvalue weighted by molar-refractivity contribution is 8.08. The summed E-state index contributed by atoms with van der Waals surface area (Å²) in [6.07, 6.45) is 4.51. The number of hydrogen-bond donors (Lipinski definition) is 3. The van der Waals surface area contributed by atoms with Crippen LogP contribution in [-0.2, 0) is 24.0 Å². The Morgan fingerprint density at radius 3 is 2.52 bits per heavy atom. The highest BCUT2D eigenvalue weighted by Crippen LogP contribution is 2.45. The minimum atomic E-state index is -0.973. The smallest absolute Gasteiger partial charge is 0.356 e. The molecule has 2 amide bonds. The van der Waals surface area contributed by atoms with E-state index in [4.69, 9.17) is 26.9 Å². The number of esters is 1. The maximum absolute atomic E-state index is 14.2. The number of ether oxygens (including phenoxy) is 1. The van der Waals surface area contributed by atoms with Crippen molar-refractivity contribution in [2.75, 3.05) is 18.1 Å². The number of aromatic nitrogens is 3. The van der Waals surface area contributed by atoms with Crippen LogP contribution in [0.1, 0.15) is 35.4 Å². The number of anilines is 1. The second-order valence-electron chi connectivity index (χ2n) is 10.2. The first kappa shape index (κ1) is 33.3. The maximum Gasteiger partial charge on any atom is 0.356 e. The molecule has 1 saturated heterocycles. The van der Waals surface area contributed by atoms with E-state index in [0.717, 1.165) is 28.0 Å². The number of H-pyrrole nitrogens is 1. The summed E-state index contributed by atoms with van der Waals surface area (Å²) in [4.78, 5) is 52.7. The molecule has 0 spiro atoms. The molecule has 0 bridgehead atoms. The third-order valence-electron chi connectivity index (χ3n) is 7.16. The Kier molecular flexibility index (Phi) is 10.5. The lowest BCUT2D eigenvalue weighted by molar-refractivity contribution is -0.154. The molecule has 16 heteroatoms. The van der Waals surface area contributed by atoms with E-state index in [0.29, 0.717) is 10.7 Å². The zero-order valence-corrected chi connectivity index (χ0v) is 28.4. The normalized spacial score (nSPS) is 17.8. The summed E-state index contributed by atoms with van der Waals surface area (Å²) >= 11 is 9.97. The molecule has 2 aromatic carbocycles. The number of aromatic amines is 1. The molecule has 4 heterocycles. The lowest BCUT2D eigenvalue weighted by Crippen LogP contribution is -2.71. The van der Waals surface area contributed by atoms with E-state index in [-0.39, 0.29) is 33.2 Å². The molecule has 0 radical (unpaired) electrons. The number of rotatable bonds is 12. The van der Waals surface area contributed by atoms with Crippen LogP contribution < -0.4 is 11.1 Å². The minimum absolute atomic E-state index is 0.0465. The Morgan fingerprint density at radius 1 is 1.21 bits per heavy atom. The van der Waals surface area contributed by atoms with Gasteiger partial charge in [-0.15, -0.1) is 11.8 Å². The van der Waals surface area contributed by atoms with E-state index >= 15 is 0 Å². The Labute approximate surface area is 292 Å². The van der Waals surface area contributed by atoms with Crippen molar-refractivity contribution in [3.8, 4) is 0 Å². The van der Waals surface area contributed by atoms with Gasteiger partial charge in [0.15, 0.2) is 16.9 Å². The summed E-state index contributed by atoms with van der Waals surface area (Å²) in [6, 6.07) is 17.8. The van der Waals surface area contributed by atoms with Crippen LogP contribution in [0, 0.1) is 0 Å². The Bertz CT molecular complexity index is 1840. The second kappa shape index (κ2) is 15.1. The van der Waals surface area contributed by atoms with Gasteiger partial charge in [-0.25, -0.2) is 9.78 Å². The first-order valence-electron chi connectivity index (χ1n) is 14.6. The maximum atomic E-state index is 14.2. The number of nitrogens with zero attached hydrogens (tertiary/aromatic N) is 4. The number of nitrogens with two attached hydrogens (primary N) is 1. The lowest BCUT2D eigenvalue weighted by Gasteiger charge is -2.49. The van der Waals surface area contributed by atoms with Crippen molar-refractivity contribution in [2.24, 2.45) is 5.16 Å². The van der Waals surface area contributed by atoms with Gasteiger partial charge in [0.1, 0.15) is 33.7 Å². The monoisotopic (exact) mass is 721 g/mol. The molecule has 0 unspecified atom stereocenters. The molecule has 4 N–H and O–H groups in total. The zero-order valence-electron chi connectivity index (χ0n) is 25.2. The molecule has 48 heavy (non-hydrogen) atoms. The number of thioether (sulfide) groups is 2. The first-order chi connectivity index (χ1) is 23.4. The van der Waals surface area contributed by atoms with E-state index in [1.54, 1.807) is 19.3 Å². The van der Waals surface area contributed by atoms with Crippen LogP contribution in [-0.4, -0.2) is 67.4 Å². The van der Waals surface area contributed by atoms with Crippen molar-refractivity contribution in [3.05, 3.63) is 116 Å². The summed E-state index contributed by atoms with van der Waals surface area (Å²) in [7, 11) is 0. The highest BCUT2D eigenvalue weighted by atomic mass is 35.5. The molecule has 2 atom stereocenters. The van der Waals surface area contributed by atoms with E-state index < -0.39 is 35.3 Å². The summed E-state index contributed by atoms with van der Waals surface area (Å²) < 4.78 is 6.36. The molecule has 0 saturated carbocycles. The van der Waals surface area contributed by atoms with Crippen LogP contribution in [0.3, 0.4) is 0 Å². The first-order valence-corrected chi connectivity index (χ1v) is 17.7. The summed E-state index contributed by atoms with van der Waals surface area (Å²) in [5, 5.41) is 14.7. The van der Waals surface area contributed by atoms with Crippen LogP contribution in [0.2, 0.25) is 4.34 Å². The Balaban J connectivity index is 1.29. The number of carbonyl (C=O) groups excluding carboxylic acids is 3. The van der Waals surface area contributed by atoms with Gasteiger partial charge >= 0.3 is 5.97 Å². The predicted octanol–water partition coefficient (Wildman–Crippen LogP) is 5.19. The van der Waals surface area contributed by atoms with Crippen molar-refractivity contribution in [1.29, 1.82) is 0 Å². The number of oxime groups is 1. The average Bonchev–Trinajstić information content (AvgIpc) is 3.75. The number of thiazole rings is 1. The number of hydrogen-bond acceptors (Lipinski definition) is 12. The van der Waals surface area contributed by atoms with Gasteiger partial charge in [0.05, 0.1) is 6.20 Å². The second-order valence-corrected chi connectivity index (χ2v) is 14.0. The molecule has 2 aliphatic rings. The Hall–Kier alpha value is -4.57. The minimum Gasteiger partial charge on any atom is -0.448 e. The molecule has 12 nitrogen and oxygen atoms in total. The van der Waals surface area contributed by atoms with Crippen molar-refractivity contribution < 1.29 is 24.0 Å². The van der Waals surface area contributed by atoms with Crippen LogP contribution in [0.5, 0.6) is 0 Å². The molecule has 1 fully saturated rings. The molecule has 6 rings (SSSR count). The van der Waals surface area contributed by atoms with Crippen molar-refractivity contribution >= 4 is 81.2 Å². The molecule has 4 aromatic rings. The van der Waals surface area contributed by atoms with Gasteiger partial charge in [0.25, 0.3) is 11.8 Å². The highest BCUT2D eigenvalue weighted by Gasteiger charge is 2.55. The van der Waals surface area contributed by atoms with Gasteiger partial charge in [-0.05, 0) is 29.5 Å². The quantitative estimate of drug-likeness (QED) is 0.0768. The fourth-order valence-corrected chi connectivity index (χ4v) is 8.24. The summed E-state index contributed by atoms with van der Waals surface area (Å²) in [5.41, 5.74) is 8.13. The number of amides is 2. The topological polar surface area (TPSA) is 165 Å². The van der Waals surface area contributed by atoms with Crippen LogP contribution in [0.4, 0.5) is 5.13 Å².